The highest BCUT2D eigenvalue weighted by Gasteiger charge is 2.15. The van der Waals surface area contributed by atoms with Gasteiger partial charge in [-0.25, -0.2) is 18.4 Å². The third-order valence-electron chi connectivity index (χ3n) is 4.82. The molecule has 7 nitrogen and oxygen atoms in total. The minimum atomic E-state index is -3.29. The Labute approximate surface area is 178 Å². The van der Waals surface area contributed by atoms with Gasteiger partial charge in [-0.05, 0) is 36.8 Å². The van der Waals surface area contributed by atoms with Crippen LogP contribution in [0.5, 0.6) is 0 Å². The summed E-state index contributed by atoms with van der Waals surface area (Å²) in [5.41, 5.74) is 2.46. The molecule has 2 aromatic heterocycles. The standard InChI is InChI=1S/C21H22N4O3S2/c1-3-4-9-19-22-15-7-5-6-8-17(15)25(19)13-20(26)24-21-23-16-11-10-14(30(2,27)28)12-18(16)29-21/h5-8,10-12H,3-4,9,13H2,1-2H3,(H,23,24,26). The van der Waals surface area contributed by atoms with Crippen LogP contribution in [0.15, 0.2) is 47.4 Å². The van der Waals surface area contributed by atoms with Gasteiger partial charge in [-0.15, -0.1) is 0 Å². The van der Waals surface area contributed by atoms with Crippen LogP contribution in [-0.4, -0.2) is 35.1 Å². The number of unbranched alkanes of at least 4 members (excludes halogenated alkanes) is 1. The van der Waals surface area contributed by atoms with Crippen molar-refractivity contribution in [3.05, 3.63) is 48.3 Å². The van der Waals surface area contributed by atoms with Crippen LogP contribution in [-0.2, 0) is 27.6 Å². The summed E-state index contributed by atoms with van der Waals surface area (Å²) in [6.45, 7) is 2.27. The number of nitrogens with zero attached hydrogens (tertiary/aromatic N) is 3. The summed E-state index contributed by atoms with van der Waals surface area (Å²) < 4.78 is 26.2. The first-order valence-corrected chi connectivity index (χ1v) is 12.4. The first-order valence-electron chi connectivity index (χ1n) is 9.70. The molecule has 0 saturated heterocycles. The Hall–Kier alpha value is -2.78. The molecule has 1 N–H and O–H groups in total. The Balaban J connectivity index is 1.58. The van der Waals surface area contributed by atoms with Crippen molar-refractivity contribution in [2.24, 2.45) is 0 Å². The van der Waals surface area contributed by atoms with E-state index in [0.717, 1.165) is 36.1 Å². The summed E-state index contributed by atoms with van der Waals surface area (Å²) in [5.74, 6) is 0.702. The van der Waals surface area contributed by atoms with E-state index >= 15 is 0 Å². The molecule has 2 aromatic carbocycles. The number of amides is 1. The number of carbonyl (C=O) groups excluding carboxylic acids is 1. The van der Waals surface area contributed by atoms with E-state index in [4.69, 9.17) is 4.98 Å². The van der Waals surface area contributed by atoms with E-state index in [1.54, 1.807) is 12.1 Å². The van der Waals surface area contributed by atoms with Crippen molar-refractivity contribution in [1.29, 1.82) is 0 Å². The molecule has 30 heavy (non-hydrogen) atoms. The average molecular weight is 443 g/mol. The molecule has 156 valence electrons. The zero-order valence-electron chi connectivity index (χ0n) is 16.8. The molecule has 0 aliphatic heterocycles. The topological polar surface area (TPSA) is 93.9 Å². The van der Waals surface area contributed by atoms with Crippen LogP contribution < -0.4 is 5.32 Å². The van der Waals surface area contributed by atoms with Gasteiger partial charge in [-0.3, -0.25) is 4.79 Å². The zero-order chi connectivity index (χ0) is 21.3. The van der Waals surface area contributed by atoms with E-state index in [-0.39, 0.29) is 17.3 Å². The van der Waals surface area contributed by atoms with Crippen LogP contribution in [0.4, 0.5) is 5.13 Å². The minimum absolute atomic E-state index is 0.143. The highest BCUT2D eigenvalue weighted by atomic mass is 32.2. The second-order valence-electron chi connectivity index (χ2n) is 7.18. The van der Waals surface area contributed by atoms with Gasteiger partial charge >= 0.3 is 0 Å². The lowest BCUT2D eigenvalue weighted by Gasteiger charge is -2.08. The van der Waals surface area contributed by atoms with E-state index in [9.17, 15) is 13.2 Å². The monoisotopic (exact) mass is 442 g/mol. The first-order chi connectivity index (χ1) is 14.3. The molecule has 2 heterocycles. The van der Waals surface area contributed by atoms with Gasteiger partial charge in [0.1, 0.15) is 12.4 Å². The smallest absolute Gasteiger partial charge is 0.246 e. The molecule has 0 saturated carbocycles. The van der Waals surface area contributed by atoms with Crippen LogP contribution >= 0.6 is 11.3 Å². The summed E-state index contributed by atoms with van der Waals surface area (Å²) >= 11 is 1.26. The van der Waals surface area contributed by atoms with Gasteiger partial charge < -0.3 is 9.88 Å². The number of anilines is 1. The summed E-state index contributed by atoms with van der Waals surface area (Å²) in [4.78, 5) is 22.1. The fourth-order valence-corrected chi connectivity index (χ4v) is 4.96. The maximum absolute atomic E-state index is 12.8. The number of para-hydroxylation sites is 2. The number of rotatable bonds is 7. The Bertz CT molecular complexity index is 1340. The molecule has 9 heteroatoms. The van der Waals surface area contributed by atoms with Crippen molar-refractivity contribution in [3.8, 4) is 0 Å². The second-order valence-corrected chi connectivity index (χ2v) is 10.2. The summed E-state index contributed by atoms with van der Waals surface area (Å²) in [7, 11) is -3.29. The molecular weight excluding hydrogens is 420 g/mol. The number of carbonyl (C=O) groups is 1. The number of aromatic nitrogens is 3. The first kappa shape index (κ1) is 20.5. The number of thiazole rings is 1. The third kappa shape index (κ3) is 4.22. The highest BCUT2D eigenvalue weighted by molar-refractivity contribution is 7.90. The molecular formula is C21H22N4O3S2. The molecule has 0 radical (unpaired) electrons. The Morgan fingerprint density at radius 2 is 1.93 bits per heavy atom. The van der Waals surface area contributed by atoms with Crippen molar-refractivity contribution >= 4 is 53.5 Å². The number of aryl methyl sites for hydroxylation is 1. The van der Waals surface area contributed by atoms with Gasteiger partial charge in [-0.1, -0.05) is 36.8 Å². The van der Waals surface area contributed by atoms with E-state index in [0.29, 0.717) is 15.3 Å². The highest BCUT2D eigenvalue weighted by Crippen LogP contribution is 2.28. The van der Waals surface area contributed by atoms with Gasteiger partial charge in [0.2, 0.25) is 5.91 Å². The summed E-state index contributed by atoms with van der Waals surface area (Å²) in [6.07, 6.45) is 4.04. The molecule has 0 spiro atoms. The van der Waals surface area contributed by atoms with Crippen molar-refractivity contribution in [2.45, 2.75) is 37.6 Å². The maximum Gasteiger partial charge on any atom is 0.246 e. The molecule has 4 aromatic rings. The molecule has 0 atom stereocenters. The number of sulfone groups is 1. The fraction of sp³-hybridized carbons (Fsp3) is 0.286. The van der Waals surface area contributed by atoms with Crippen LogP contribution in [0.1, 0.15) is 25.6 Å². The number of nitrogens with one attached hydrogen (secondary N) is 1. The number of fused-ring (bicyclic) bond motifs is 2. The van der Waals surface area contributed by atoms with E-state index < -0.39 is 9.84 Å². The van der Waals surface area contributed by atoms with Crippen LogP contribution in [0.3, 0.4) is 0 Å². The second kappa shape index (κ2) is 8.16. The van der Waals surface area contributed by atoms with E-state index in [1.165, 1.54) is 23.7 Å². The normalized spacial score (nSPS) is 11.9. The fourth-order valence-electron chi connectivity index (χ4n) is 3.32. The molecule has 0 aliphatic carbocycles. The molecule has 0 unspecified atom stereocenters. The molecule has 0 bridgehead atoms. The van der Waals surface area contributed by atoms with Gasteiger partial charge in [0, 0.05) is 12.7 Å². The quantitative estimate of drug-likeness (QED) is 0.466. The minimum Gasteiger partial charge on any atom is -0.318 e. The SMILES string of the molecule is CCCCc1nc2ccccc2n1CC(=O)Nc1nc2ccc(S(C)(=O)=O)cc2s1. The van der Waals surface area contributed by atoms with Crippen LogP contribution in [0, 0.1) is 0 Å². The lowest BCUT2D eigenvalue weighted by atomic mass is 10.2. The number of imidazole rings is 1. The Morgan fingerprint density at radius 1 is 1.13 bits per heavy atom. The maximum atomic E-state index is 12.8. The van der Waals surface area contributed by atoms with Crippen molar-refractivity contribution in [3.63, 3.8) is 0 Å². The van der Waals surface area contributed by atoms with Gasteiger partial charge in [-0.2, -0.15) is 0 Å². The summed E-state index contributed by atoms with van der Waals surface area (Å²) in [5, 5.41) is 3.29. The molecule has 1 amide bonds. The summed E-state index contributed by atoms with van der Waals surface area (Å²) in [6, 6.07) is 12.6. The van der Waals surface area contributed by atoms with Crippen LogP contribution in [0.25, 0.3) is 21.3 Å². The number of hydrogen-bond acceptors (Lipinski definition) is 6. The lowest BCUT2D eigenvalue weighted by molar-refractivity contribution is -0.116. The van der Waals surface area contributed by atoms with E-state index in [1.807, 2.05) is 28.8 Å². The van der Waals surface area contributed by atoms with Crippen molar-refractivity contribution in [1.82, 2.24) is 14.5 Å². The molecule has 0 fully saturated rings. The predicted molar refractivity (Wildman–Crippen MR) is 120 cm³/mol. The largest absolute Gasteiger partial charge is 0.318 e. The number of benzene rings is 2. The van der Waals surface area contributed by atoms with E-state index in [2.05, 4.69) is 17.2 Å². The average Bonchev–Trinajstić information content (AvgIpc) is 3.25. The zero-order valence-corrected chi connectivity index (χ0v) is 18.4. The van der Waals surface area contributed by atoms with Crippen molar-refractivity contribution in [2.75, 3.05) is 11.6 Å². The predicted octanol–water partition coefficient (Wildman–Crippen LogP) is 4.03. The van der Waals surface area contributed by atoms with Crippen molar-refractivity contribution < 1.29 is 13.2 Å². The molecule has 0 aliphatic rings. The molecule has 4 rings (SSSR count). The Kier molecular flexibility index (Phi) is 5.57. The number of hydrogen-bond donors (Lipinski definition) is 1. The Morgan fingerprint density at radius 3 is 2.70 bits per heavy atom. The van der Waals surface area contributed by atoms with Crippen LogP contribution in [0.2, 0.25) is 0 Å². The lowest BCUT2D eigenvalue weighted by Crippen LogP contribution is -2.20. The van der Waals surface area contributed by atoms with Gasteiger partial charge in [0.25, 0.3) is 0 Å². The van der Waals surface area contributed by atoms with Gasteiger partial charge in [0.05, 0.1) is 26.1 Å². The third-order valence-corrected chi connectivity index (χ3v) is 6.87. The van der Waals surface area contributed by atoms with Gasteiger partial charge in [0.15, 0.2) is 15.0 Å².